The van der Waals surface area contributed by atoms with Gasteiger partial charge in [-0.1, -0.05) is 140 Å². The molecular formula is C43H27N3O. The number of aromatic nitrogens is 3. The van der Waals surface area contributed by atoms with E-state index in [9.17, 15) is 0 Å². The molecule has 2 aromatic heterocycles. The zero-order valence-corrected chi connectivity index (χ0v) is 25.3. The fourth-order valence-corrected chi connectivity index (χ4v) is 6.37. The van der Waals surface area contributed by atoms with Crippen molar-refractivity contribution in [3.63, 3.8) is 0 Å². The molecule has 0 amide bonds. The van der Waals surface area contributed by atoms with E-state index in [-0.39, 0.29) is 0 Å². The van der Waals surface area contributed by atoms with Crippen LogP contribution in [-0.4, -0.2) is 15.0 Å². The van der Waals surface area contributed by atoms with E-state index in [1.54, 1.807) is 0 Å². The highest BCUT2D eigenvalue weighted by Crippen LogP contribution is 2.37. The quantitative estimate of drug-likeness (QED) is 0.197. The van der Waals surface area contributed by atoms with Crippen LogP contribution in [0.3, 0.4) is 0 Å². The summed E-state index contributed by atoms with van der Waals surface area (Å²) in [6.07, 6.45) is 0. The average molecular weight is 602 g/mol. The second-order valence-corrected chi connectivity index (χ2v) is 11.7. The number of furan rings is 1. The Morgan fingerprint density at radius 3 is 1.74 bits per heavy atom. The molecule has 47 heavy (non-hydrogen) atoms. The third-order valence-electron chi connectivity index (χ3n) is 8.73. The van der Waals surface area contributed by atoms with Gasteiger partial charge in [0.25, 0.3) is 0 Å². The normalized spacial score (nSPS) is 11.4. The van der Waals surface area contributed by atoms with E-state index in [1.807, 2.05) is 30.3 Å². The lowest BCUT2D eigenvalue weighted by Crippen LogP contribution is -2.00. The highest BCUT2D eigenvalue weighted by molar-refractivity contribution is 6.12. The van der Waals surface area contributed by atoms with Crippen molar-refractivity contribution in [2.75, 3.05) is 0 Å². The molecule has 4 nitrogen and oxygen atoms in total. The minimum Gasteiger partial charge on any atom is -0.456 e. The first-order valence-corrected chi connectivity index (χ1v) is 15.7. The Labute approximate surface area is 271 Å². The third kappa shape index (κ3) is 4.93. The van der Waals surface area contributed by atoms with E-state index >= 15 is 0 Å². The maximum Gasteiger partial charge on any atom is 0.164 e. The number of nitrogens with zero attached hydrogens (tertiary/aromatic N) is 3. The Hall–Kier alpha value is -6.39. The van der Waals surface area contributed by atoms with Gasteiger partial charge >= 0.3 is 0 Å². The van der Waals surface area contributed by atoms with Gasteiger partial charge in [0.2, 0.25) is 0 Å². The first-order chi connectivity index (χ1) is 23.3. The fourth-order valence-electron chi connectivity index (χ4n) is 6.37. The van der Waals surface area contributed by atoms with Crippen LogP contribution in [0.15, 0.2) is 168 Å². The summed E-state index contributed by atoms with van der Waals surface area (Å²) in [4.78, 5) is 15.1. The van der Waals surface area contributed by atoms with Crippen molar-refractivity contribution in [2.24, 2.45) is 0 Å². The second-order valence-electron chi connectivity index (χ2n) is 11.7. The zero-order chi connectivity index (χ0) is 31.2. The molecule has 9 rings (SSSR count). The van der Waals surface area contributed by atoms with Gasteiger partial charge in [0, 0.05) is 27.5 Å². The third-order valence-corrected chi connectivity index (χ3v) is 8.73. The van der Waals surface area contributed by atoms with Gasteiger partial charge in [0.15, 0.2) is 17.5 Å². The number of para-hydroxylation sites is 1. The Bertz CT molecular complexity index is 2570. The summed E-state index contributed by atoms with van der Waals surface area (Å²) in [6, 6.07) is 56.4. The molecule has 4 heteroatoms. The van der Waals surface area contributed by atoms with Gasteiger partial charge in [-0.2, -0.15) is 0 Å². The molecule has 0 saturated heterocycles. The smallest absolute Gasteiger partial charge is 0.164 e. The van der Waals surface area contributed by atoms with Gasteiger partial charge in [-0.05, 0) is 57.3 Å². The molecule has 0 saturated carbocycles. The summed E-state index contributed by atoms with van der Waals surface area (Å²) in [5, 5.41) is 4.56. The lowest BCUT2D eigenvalue weighted by Gasteiger charge is -2.11. The van der Waals surface area contributed by atoms with Crippen LogP contribution in [0.25, 0.3) is 89.1 Å². The molecule has 0 aliphatic carbocycles. The molecule has 9 aromatic rings. The van der Waals surface area contributed by atoms with Crippen LogP contribution in [0.1, 0.15) is 0 Å². The summed E-state index contributed by atoms with van der Waals surface area (Å²) in [7, 11) is 0. The highest BCUT2D eigenvalue weighted by Gasteiger charge is 2.15. The second kappa shape index (κ2) is 11.2. The average Bonchev–Trinajstić information content (AvgIpc) is 3.54. The van der Waals surface area contributed by atoms with Gasteiger partial charge in [0.1, 0.15) is 11.2 Å². The monoisotopic (exact) mass is 601 g/mol. The number of rotatable bonds is 5. The molecule has 2 heterocycles. The van der Waals surface area contributed by atoms with E-state index < -0.39 is 0 Å². The Morgan fingerprint density at radius 2 is 0.915 bits per heavy atom. The van der Waals surface area contributed by atoms with Gasteiger partial charge in [-0.15, -0.1) is 0 Å². The summed E-state index contributed by atoms with van der Waals surface area (Å²) < 4.78 is 6.15. The van der Waals surface area contributed by atoms with Crippen LogP contribution in [0.2, 0.25) is 0 Å². The predicted molar refractivity (Wildman–Crippen MR) is 192 cm³/mol. The summed E-state index contributed by atoms with van der Waals surface area (Å²) >= 11 is 0. The van der Waals surface area contributed by atoms with Crippen molar-refractivity contribution < 1.29 is 4.42 Å². The summed E-state index contributed by atoms with van der Waals surface area (Å²) in [5.74, 6) is 1.90. The highest BCUT2D eigenvalue weighted by atomic mass is 16.3. The van der Waals surface area contributed by atoms with E-state index in [4.69, 9.17) is 19.4 Å². The molecule has 0 spiro atoms. The van der Waals surface area contributed by atoms with Crippen LogP contribution in [0.5, 0.6) is 0 Å². The molecular weight excluding hydrogens is 574 g/mol. The molecule has 0 radical (unpaired) electrons. The lowest BCUT2D eigenvalue weighted by atomic mass is 9.98. The molecule has 0 aliphatic rings. The molecule has 0 atom stereocenters. The molecule has 0 N–H and O–H groups in total. The van der Waals surface area contributed by atoms with Gasteiger partial charge in [-0.25, -0.2) is 15.0 Å². The SMILES string of the molecule is c1ccc(-c2cccc(-c3nc(-c4ccc(-c5cccc6oc7ccccc7c56)cc4)nc(-c4ccc5ccccc5c4)n3)c2)cc1. The van der Waals surface area contributed by atoms with Crippen LogP contribution in [0, 0.1) is 0 Å². The van der Waals surface area contributed by atoms with Crippen molar-refractivity contribution in [1.29, 1.82) is 0 Å². The van der Waals surface area contributed by atoms with E-state index in [1.165, 1.54) is 5.39 Å². The minimum absolute atomic E-state index is 0.627. The van der Waals surface area contributed by atoms with Crippen molar-refractivity contribution in [3.05, 3.63) is 164 Å². The number of hydrogen-bond acceptors (Lipinski definition) is 4. The predicted octanol–water partition coefficient (Wildman–Crippen LogP) is 11.3. The largest absolute Gasteiger partial charge is 0.456 e. The molecule has 220 valence electrons. The summed E-state index contributed by atoms with van der Waals surface area (Å²) in [6.45, 7) is 0. The molecule has 0 bridgehead atoms. The lowest BCUT2D eigenvalue weighted by molar-refractivity contribution is 0.669. The van der Waals surface area contributed by atoms with Crippen LogP contribution in [-0.2, 0) is 0 Å². The van der Waals surface area contributed by atoms with E-state index in [0.717, 1.165) is 66.3 Å². The van der Waals surface area contributed by atoms with Crippen LogP contribution < -0.4 is 0 Å². The summed E-state index contributed by atoms with van der Waals surface area (Å²) in [5.41, 5.74) is 9.07. The van der Waals surface area contributed by atoms with Crippen molar-refractivity contribution >= 4 is 32.7 Å². The topological polar surface area (TPSA) is 51.8 Å². The number of benzene rings is 7. The Balaban J connectivity index is 1.17. The van der Waals surface area contributed by atoms with Crippen molar-refractivity contribution in [1.82, 2.24) is 15.0 Å². The van der Waals surface area contributed by atoms with Gasteiger partial charge < -0.3 is 4.42 Å². The van der Waals surface area contributed by atoms with E-state index in [0.29, 0.717) is 17.5 Å². The molecule has 0 aliphatic heterocycles. The molecule has 0 fully saturated rings. The van der Waals surface area contributed by atoms with E-state index in [2.05, 4.69) is 133 Å². The first-order valence-electron chi connectivity index (χ1n) is 15.7. The minimum atomic E-state index is 0.627. The Morgan fingerprint density at radius 1 is 0.340 bits per heavy atom. The number of hydrogen-bond donors (Lipinski definition) is 0. The first kappa shape index (κ1) is 27.0. The number of fused-ring (bicyclic) bond motifs is 4. The van der Waals surface area contributed by atoms with Gasteiger partial charge in [0.05, 0.1) is 0 Å². The van der Waals surface area contributed by atoms with Crippen molar-refractivity contribution in [3.8, 4) is 56.4 Å². The fraction of sp³-hybridized carbons (Fsp3) is 0. The molecule has 7 aromatic carbocycles. The maximum absolute atomic E-state index is 6.15. The maximum atomic E-state index is 6.15. The van der Waals surface area contributed by atoms with Crippen LogP contribution in [0.4, 0.5) is 0 Å². The zero-order valence-electron chi connectivity index (χ0n) is 25.3. The Kier molecular flexibility index (Phi) is 6.43. The van der Waals surface area contributed by atoms with Crippen LogP contribution >= 0.6 is 0 Å². The van der Waals surface area contributed by atoms with Crippen molar-refractivity contribution in [2.45, 2.75) is 0 Å². The molecule has 0 unspecified atom stereocenters. The standard InChI is InChI=1S/C43H27N3O/c1-2-10-28(11-3-1)33-14-8-15-34(26-33)42-44-41(45-43(46-42)35-25-20-29-12-4-5-13-32(29)27-35)31-23-21-30(22-24-31)36-17-9-19-39-40(36)37-16-6-7-18-38(37)47-39/h1-27H. The van der Waals surface area contributed by atoms with Gasteiger partial charge in [-0.3, -0.25) is 0 Å².